The predicted molar refractivity (Wildman–Crippen MR) is 106 cm³/mol. The first-order valence-corrected chi connectivity index (χ1v) is 10.6. The Morgan fingerprint density at radius 2 is 1.72 bits per heavy atom. The Bertz CT molecular complexity index is 985. The number of hydrogen-bond donors (Lipinski definition) is 1. The second-order valence-electron chi connectivity index (χ2n) is 6.55. The van der Waals surface area contributed by atoms with Gasteiger partial charge in [-0.15, -0.1) is 0 Å². The van der Waals surface area contributed by atoms with E-state index in [1.165, 1.54) is 46.8 Å². The minimum Gasteiger partial charge on any atom is -0.477 e. The van der Waals surface area contributed by atoms with Crippen molar-refractivity contribution in [2.75, 3.05) is 25.0 Å². The molecule has 154 valence electrons. The van der Waals surface area contributed by atoms with Crippen LogP contribution in [0.25, 0.3) is 0 Å². The second kappa shape index (κ2) is 9.01. The molecule has 9 nitrogen and oxygen atoms in total. The Morgan fingerprint density at radius 3 is 2.38 bits per heavy atom. The van der Waals surface area contributed by atoms with Gasteiger partial charge in [-0.25, -0.2) is 8.42 Å². The molecule has 1 fully saturated rings. The summed E-state index contributed by atoms with van der Waals surface area (Å²) in [6.07, 6.45) is 2.74. The van der Waals surface area contributed by atoms with Gasteiger partial charge in [-0.05, 0) is 43.2 Å². The first kappa shape index (κ1) is 20.7. The van der Waals surface area contributed by atoms with Crippen LogP contribution in [0.15, 0.2) is 53.4 Å². The van der Waals surface area contributed by atoms with E-state index >= 15 is 0 Å². The molecule has 1 aliphatic rings. The van der Waals surface area contributed by atoms with Gasteiger partial charge >= 0.3 is 5.69 Å². The van der Waals surface area contributed by atoms with Gasteiger partial charge in [0.1, 0.15) is 0 Å². The first-order chi connectivity index (χ1) is 13.9. The van der Waals surface area contributed by atoms with Crippen LogP contribution in [0.4, 0.5) is 11.4 Å². The number of anilines is 1. The van der Waals surface area contributed by atoms with Crippen molar-refractivity contribution < 1.29 is 22.9 Å². The molecule has 3 rings (SSSR count). The molecule has 0 spiro atoms. The van der Waals surface area contributed by atoms with Gasteiger partial charge in [0, 0.05) is 24.8 Å². The average Bonchev–Trinajstić information content (AvgIpc) is 2.73. The molecule has 1 N–H and O–H groups in total. The van der Waals surface area contributed by atoms with Crippen LogP contribution < -0.4 is 10.1 Å². The average molecular weight is 419 g/mol. The number of carbonyl (C=O) groups is 1. The van der Waals surface area contributed by atoms with E-state index < -0.39 is 27.5 Å². The summed E-state index contributed by atoms with van der Waals surface area (Å²) in [5.74, 6) is -0.523. The van der Waals surface area contributed by atoms with E-state index in [1.54, 1.807) is 6.07 Å². The lowest BCUT2D eigenvalue weighted by Crippen LogP contribution is -2.35. The van der Waals surface area contributed by atoms with Crippen molar-refractivity contribution in [1.29, 1.82) is 0 Å². The molecule has 0 radical (unpaired) electrons. The number of para-hydroxylation sites is 2. The maximum atomic E-state index is 12.6. The van der Waals surface area contributed by atoms with E-state index in [1.807, 2.05) is 0 Å². The molecule has 0 aromatic heterocycles. The van der Waals surface area contributed by atoms with Crippen molar-refractivity contribution >= 4 is 27.3 Å². The smallest absolute Gasteiger partial charge is 0.310 e. The zero-order valence-corrected chi connectivity index (χ0v) is 16.4. The minimum absolute atomic E-state index is 0.00405. The lowest BCUT2D eigenvalue weighted by Gasteiger charge is -2.25. The molecule has 1 amide bonds. The summed E-state index contributed by atoms with van der Waals surface area (Å²) >= 11 is 0. The van der Waals surface area contributed by atoms with Gasteiger partial charge in [-0.2, -0.15) is 4.31 Å². The molecule has 2 aromatic carbocycles. The lowest BCUT2D eigenvalue weighted by molar-refractivity contribution is -0.385. The fourth-order valence-corrected chi connectivity index (χ4v) is 4.55. The third-order valence-corrected chi connectivity index (χ3v) is 6.42. The van der Waals surface area contributed by atoms with Crippen molar-refractivity contribution in [3.05, 3.63) is 58.6 Å². The van der Waals surface area contributed by atoms with E-state index in [2.05, 4.69) is 5.32 Å². The summed E-state index contributed by atoms with van der Waals surface area (Å²) in [7, 11) is -3.53. The van der Waals surface area contributed by atoms with Crippen LogP contribution in [0.5, 0.6) is 5.75 Å². The maximum absolute atomic E-state index is 12.6. The molecule has 29 heavy (non-hydrogen) atoms. The molecule has 0 atom stereocenters. The number of rotatable bonds is 7. The first-order valence-electron chi connectivity index (χ1n) is 9.14. The SMILES string of the molecule is O=C(COc1ccccc1[N+](=O)[O-])Nc1ccc(S(=O)(=O)N2CCCCC2)cc1. The third kappa shape index (κ3) is 5.09. The highest BCUT2D eigenvalue weighted by Gasteiger charge is 2.25. The maximum Gasteiger partial charge on any atom is 0.310 e. The number of amides is 1. The molecule has 1 saturated heterocycles. The van der Waals surface area contributed by atoms with Crippen LogP contribution >= 0.6 is 0 Å². The molecule has 0 saturated carbocycles. The summed E-state index contributed by atoms with van der Waals surface area (Å²) in [5.41, 5.74) is 0.173. The molecule has 1 heterocycles. The van der Waals surface area contributed by atoms with Crippen LogP contribution in [-0.2, 0) is 14.8 Å². The van der Waals surface area contributed by atoms with Gasteiger partial charge in [-0.1, -0.05) is 18.6 Å². The number of benzene rings is 2. The fourth-order valence-electron chi connectivity index (χ4n) is 3.03. The van der Waals surface area contributed by atoms with E-state index in [9.17, 15) is 23.3 Å². The number of carbonyl (C=O) groups excluding carboxylic acids is 1. The standard InChI is InChI=1S/C19H21N3O6S/c23-19(14-28-18-7-3-2-6-17(18)22(24)25)20-15-8-10-16(11-9-15)29(26,27)21-12-4-1-5-13-21/h2-3,6-11H,1,4-5,12-14H2,(H,20,23). The largest absolute Gasteiger partial charge is 0.477 e. The number of nitro groups is 1. The van der Waals surface area contributed by atoms with Gasteiger partial charge in [0.2, 0.25) is 10.0 Å². The third-order valence-electron chi connectivity index (χ3n) is 4.51. The van der Waals surface area contributed by atoms with Gasteiger partial charge in [0.15, 0.2) is 12.4 Å². The van der Waals surface area contributed by atoms with Gasteiger partial charge in [0.05, 0.1) is 9.82 Å². The van der Waals surface area contributed by atoms with Crippen molar-refractivity contribution in [3.8, 4) is 5.75 Å². The molecular weight excluding hydrogens is 398 g/mol. The number of nitro benzene ring substituents is 1. The van der Waals surface area contributed by atoms with Crippen LogP contribution in [0.3, 0.4) is 0 Å². The summed E-state index contributed by atoms with van der Waals surface area (Å²) in [5, 5.41) is 13.5. The monoisotopic (exact) mass is 419 g/mol. The molecule has 2 aromatic rings. The normalized spacial score (nSPS) is 14.9. The quantitative estimate of drug-likeness (QED) is 0.544. The zero-order valence-electron chi connectivity index (χ0n) is 15.6. The molecule has 10 heteroatoms. The number of ether oxygens (including phenoxy) is 1. The van der Waals surface area contributed by atoms with Crippen molar-refractivity contribution in [1.82, 2.24) is 4.31 Å². The summed E-state index contributed by atoms with van der Waals surface area (Å²) in [6, 6.07) is 11.7. The van der Waals surface area contributed by atoms with Crippen molar-refractivity contribution in [2.45, 2.75) is 24.2 Å². The highest BCUT2D eigenvalue weighted by atomic mass is 32.2. The van der Waals surface area contributed by atoms with Crippen LogP contribution in [-0.4, -0.2) is 43.2 Å². The van der Waals surface area contributed by atoms with E-state index in [4.69, 9.17) is 4.74 Å². The van der Waals surface area contributed by atoms with Crippen molar-refractivity contribution in [2.24, 2.45) is 0 Å². The number of piperidine rings is 1. The van der Waals surface area contributed by atoms with E-state index in [0.29, 0.717) is 18.8 Å². The van der Waals surface area contributed by atoms with Gasteiger partial charge < -0.3 is 10.1 Å². The van der Waals surface area contributed by atoms with Crippen LogP contribution in [0, 0.1) is 10.1 Å². The zero-order chi connectivity index (χ0) is 20.9. The van der Waals surface area contributed by atoms with Crippen molar-refractivity contribution in [3.63, 3.8) is 0 Å². The highest BCUT2D eigenvalue weighted by Crippen LogP contribution is 2.26. The van der Waals surface area contributed by atoms with Crippen LogP contribution in [0.1, 0.15) is 19.3 Å². The number of nitrogens with zero attached hydrogens (tertiary/aromatic N) is 2. The molecule has 0 unspecified atom stereocenters. The molecular formula is C19H21N3O6S. The lowest BCUT2D eigenvalue weighted by atomic mass is 10.2. The summed E-state index contributed by atoms with van der Waals surface area (Å²) in [6.45, 7) is 0.617. The Morgan fingerprint density at radius 1 is 1.07 bits per heavy atom. The minimum atomic E-state index is -3.53. The fraction of sp³-hybridized carbons (Fsp3) is 0.316. The van der Waals surface area contributed by atoms with Crippen LogP contribution in [0.2, 0.25) is 0 Å². The second-order valence-corrected chi connectivity index (χ2v) is 8.49. The summed E-state index contributed by atoms with van der Waals surface area (Å²) < 4.78 is 32.0. The van der Waals surface area contributed by atoms with E-state index in [0.717, 1.165) is 19.3 Å². The molecule has 0 aliphatic carbocycles. The number of nitrogens with one attached hydrogen (secondary N) is 1. The molecule has 1 aliphatic heterocycles. The van der Waals surface area contributed by atoms with Gasteiger partial charge in [-0.3, -0.25) is 14.9 Å². The Kier molecular flexibility index (Phi) is 6.45. The highest BCUT2D eigenvalue weighted by molar-refractivity contribution is 7.89. The predicted octanol–water partition coefficient (Wildman–Crippen LogP) is 2.79. The Hall–Kier alpha value is -2.98. The Balaban J connectivity index is 1.60. The Labute approximate surface area is 168 Å². The molecule has 0 bridgehead atoms. The number of hydrogen-bond acceptors (Lipinski definition) is 6. The van der Waals surface area contributed by atoms with E-state index in [-0.39, 0.29) is 16.3 Å². The topological polar surface area (TPSA) is 119 Å². The van der Waals surface area contributed by atoms with Gasteiger partial charge in [0.25, 0.3) is 5.91 Å². The summed E-state index contributed by atoms with van der Waals surface area (Å²) in [4.78, 5) is 22.6. The number of sulfonamides is 1.